The number of benzene rings is 1. The first-order chi connectivity index (χ1) is 9.53. The quantitative estimate of drug-likeness (QED) is 0.811. The molecule has 0 aliphatic carbocycles. The fourth-order valence-electron chi connectivity index (χ4n) is 1.50. The molecule has 0 spiro atoms. The van der Waals surface area contributed by atoms with Crippen LogP contribution in [-0.2, 0) is 10.0 Å². The van der Waals surface area contributed by atoms with E-state index in [1.54, 1.807) is 35.7 Å². The fraction of sp³-hybridized carbons (Fsp3) is 0.167. The molecule has 0 radical (unpaired) electrons. The standard InChI is InChI=1S/C12H13BrN2O3S2/c13-11-4-7-19-12(11)20(16,17)15-9-2-1-3-10(8-9)18-6-5-14/h1-4,7-8,15H,5-6,14H2. The van der Waals surface area contributed by atoms with Crippen molar-refractivity contribution in [1.82, 2.24) is 0 Å². The van der Waals surface area contributed by atoms with Gasteiger partial charge in [0.25, 0.3) is 10.0 Å². The number of nitrogens with one attached hydrogen (secondary N) is 1. The molecule has 0 amide bonds. The zero-order valence-electron chi connectivity index (χ0n) is 10.4. The molecule has 0 bridgehead atoms. The Hall–Kier alpha value is -1.09. The van der Waals surface area contributed by atoms with Crippen molar-refractivity contribution in [3.8, 4) is 5.75 Å². The van der Waals surface area contributed by atoms with Gasteiger partial charge in [0.2, 0.25) is 0 Å². The number of rotatable bonds is 6. The molecule has 20 heavy (non-hydrogen) atoms. The number of nitrogens with two attached hydrogens (primary N) is 1. The summed E-state index contributed by atoms with van der Waals surface area (Å²) in [5, 5.41) is 1.71. The maximum Gasteiger partial charge on any atom is 0.272 e. The lowest BCUT2D eigenvalue weighted by molar-refractivity contribution is 0.328. The van der Waals surface area contributed by atoms with Crippen molar-refractivity contribution in [2.75, 3.05) is 17.9 Å². The summed E-state index contributed by atoms with van der Waals surface area (Å²) >= 11 is 4.37. The number of thiophene rings is 1. The average molecular weight is 377 g/mol. The minimum atomic E-state index is -3.60. The summed E-state index contributed by atoms with van der Waals surface area (Å²) < 4.78 is 33.1. The van der Waals surface area contributed by atoms with Crippen LogP contribution in [0.15, 0.2) is 44.4 Å². The highest BCUT2D eigenvalue weighted by molar-refractivity contribution is 9.10. The van der Waals surface area contributed by atoms with Gasteiger partial charge in [0.15, 0.2) is 4.21 Å². The molecular weight excluding hydrogens is 364 g/mol. The van der Waals surface area contributed by atoms with Gasteiger partial charge in [-0.2, -0.15) is 0 Å². The van der Waals surface area contributed by atoms with E-state index < -0.39 is 10.0 Å². The van der Waals surface area contributed by atoms with Crippen LogP contribution in [0.2, 0.25) is 0 Å². The van der Waals surface area contributed by atoms with Gasteiger partial charge >= 0.3 is 0 Å². The van der Waals surface area contributed by atoms with Crippen LogP contribution in [0.25, 0.3) is 0 Å². The Bertz CT molecular complexity index is 686. The number of sulfonamides is 1. The summed E-state index contributed by atoms with van der Waals surface area (Å²) in [7, 11) is -3.60. The summed E-state index contributed by atoms with van der Waals surface area (Å²) in [6.45, 7) is 0.783. The molecule has 5 nitrogen and oxygen atoms in total. The van der Waals surface area contributed by atoms with Crippen LogP contribution in [0.4, 0.5) is 5.69 Å². The Morgan fingerprint density at radius 3 is 2.80 bits per heavy atom. The third kappa shape index (κ3) is 3.72. The maximum atomic E-state index is 12.2. The largest absolute Gasteiger partial charge is 0.492 e. The van der Waals surface area contributed by atoms with Gasteiger partial charge in [-0.05, 0) is 39.5 Å². The first kappa shape index (κ1) is 15.3. The molecule has 2 aromatic rings. The summed E-state index contributed by atoms with van der Waals surface area (Å²) in [5.74, 6) is 0.570. The van der Waals surface area contributed by atoms with E-state index in [0.29, 0.717) is 29.1 Å². The molecule has 0 saturated heterocycles. The molecule has 108 valence electrons. The molecule has 8 heteroatoms. The summed E-state index contributed by atoms with van der Waals surface area (Å²) in [6.07, 6.45) is 0. The van der Waals surface area contributed by atoms with Crippen LogP contribution in [0.5, 0.6) is 5.75 Å². The van der Waals surface area contributed by atoms with Crippen molar-refractivity contribution < 1.29 is 13.2 Å². The molecule has 1 aromatic heterocycles. The van der Waals surface area contributed by atoms with Crippen LogP contribution < -0.4 is 15.2 Å². The lowest BCUT2D eigenvalue weighted by Gasteiger charge is -2.09. The molecule has 1 heterocycles. The monoisotopic (exact) mass is 376 g/mol. The van der Waals surface area contributed by atoms with E-state index in [9.17, 15) is 8.42 Å². The van der Waals surface area contributed by atoms with Gasteiger partial charge in [-0.25, -0.2) is 8.42 Å². The zero-order valence-corrected chi connectivity index (χ0v) is 13.6. The normalized spacial score (nSPS) is 11.3. The van der Waals surface area contributed by atoms with Crippen molar-refractivity contribution in [3.63, 3.8) is 0 Å². The van der Waals surface area contributed by atoms with Crippen molar-refractivity contribution in [2.45, 2.75) is 4.21 Å². The van der Waals surface area contributed by atoms with E-state index in [-0.39, 0.29) is 4.21 Å². The minimum absolute atomic E-state index is 0.241. The second kappa shape index (κ2) is 6.57. The molecule has 1 aromatic carbocycles. The van der Waals surface area contributed by atoms with E-state index >= 15 is 0 Å². The third-order valence-corrected chi connectivity index (χ3v) is 6.35. The molecule has 0 fully saturated rings. The maximum absolute atomic E-state index is 12.2. The number of hydrogen-bond acceptors (Lipinski definition) is 5. The second-order valence-electron chi connectivity index (χ2n) is 3.83. The Morgan fingerprint density at radius 1 is 1.35 bits per heavy atom. The average Bonchev–Trinajstić information content (AvgIpc) is 2.83. The lowest BCUT2D eigenvalue weighted by atomic mass is 10.3. The Labute approximate surface area is 129 Å². The van der Waals surface area contributed by atoms with Crippen molar-refractivity contribution in [1.29, 1.82) is 0 Å². The van der Waals surface area contributed by atoms with Gasteiger partial charge in [-0.1, -0.05) is 6.07 Å². The van der Waals surface area contributed by atoms with Crippen molar-refractivity contribution in [2.24, 2.45) is 5.73 Å². The number of anilines is 1. The summed E-state index contributed by atoms with van der Waals surface area (Å²) in [5.41, 5.74) is 5.80. The van der Waals surface area contributed by atoms with Crippen LogP contribution in [0, 0.1) is 0 Å². The van der Waals surface area contributed by atoms with E-state index in [1.165, 1.54) is 0 Å². The highest BCUT2D eigenvalue weighted by Gasteiger charge is 2.19. The zero-order chi connectivity index (χ0) is 14.6. The number of hydrogen-bond donors (Lipinski definition) is 2. The van der Waals surface area contributed by atoms with Gasteiger partial charge < -0.3 is 10.5 Å². The second-order valence-corrected chi connectivity index (χ2v) is 7.47. The number of ether oxygens (including phenoxy) is 1. The summed E-state index contributed by atoms with van der Waals surface area (Å²) in [4.78, 5) is 0. The van der Waals surface area contributed by atoms with Gasteiger partial charge in [0, 0.05) is 17.1 Å². The molecule has 0 aliphatic rings. The van der Waals surface area contributed by atoms with Gasteiger partial charge in [0.05, 0.1) is 5.69 Å². The number of halogens is 1. The highest BCUT2D eigenvalue weighted by atomic mass is 79.9. The third-order valence-electron chi connectivity index (χ3n) is 2.30. The first-order valence-corrected chi connectivity index (χ1v) is 8.87. The van der Waals surface area contributed by atoms with Crippen molar-refractivity contribution in [3.05, 3.63) is 40.2 Å². The van der Waals surface area contributed by atoms with Crippen LogP contribution in [0.3, 0.4) is 0 Å². The highest BCUT2D eigenvalue weighted by Crippen LogP contribution is 2.29. The molecule has 0 atom stereocenters. The predicted octanol–water partition coefficient (Wildman–Crippen LogP) is 2.65. The first-order valence-electron chi connectivity index (χ1n) is 5.71. The van der Waals surface area contributed by atoms with Crippen LogP contribution in [-0.4, -0.2) is 21.6 Å². The Balaban J connectivity index is 2.19. The predicted molar refractivity (Wildman–Crippen MR) is 83.8 cm³/mol. The Kier molecular flexibility index (Phi) is 5.03. The van der Waals surface area contributed by atoms with E-state index in [0.717, 1.165) is 11.3 Å². The Morgan fingerprint density at radius 2 is 2.15 bits per heavy atom. The molecule has 2 rings (SSSR count). The van der Waals surface area contributed by atoms with Crippen LogP contribution >= 0.6 is 27.3 Å². The SMILES string of the molecule is NCCOc1cccc(NS(=O)(=O)c2sccc2Br)c1. The molecule has 3 N–H and O–H groups in total. The van der Waals surface area contributed by atoms with Crippen molar-refractivity contribution >= 4 is 43.0 Å². The van der Waals surface area contributed by atoms with E-state index in [1.807, 2.05) is 0 Å². The fourth-order valence-corrected chi connectivity index (χ4v) is 4.89. The van der Waals surface area contributed by atoms with E-state index in [2.05, 4.69) is 20.7 Å². The smallest absolute Gasteiger partial charge is 0.272 e. The molecule has 0 unspecified atom stereocenters. The molecular formula is C12H13BrN2O3S2. The molecule has 0 saturated carbocycles. The topological polar surface area (TPSA) is 81.4 Å². The van der Waals surface area contributed by atoms with Gasteiger partial charge in [0.1, 0.15) is 12.4 Å². The summed E-state index contributed by atoms with van der Waals surface area (Å²) in [6, 6.07) is 8.44. The van der Waals surface area contributed by atoms with E-state index in [4.69, 9.17) is 10.5 Å². The molecule has 0 aliphatic heterocycles. The lowest BCUT2D eigenvalue weighted by Crippen LogP contribution is -2.13. The van der Waals surface area contributed by atoms with Gasteiger partial charge in [-0.15, -0.1) is 11.3 Å². The minimum Gasteiger partial charge on any atom is -0.492 e. The van der Waals surface area contributed by atoms with Gasteiger partial charge in [-0.3, -0.25) is 4.72 Å². The van der Waals surface area contributed by atoms with Crippen LogP contribution in [0.1, 0.15) is 0 Å².